The molecule has 2 atom stereocenters. The molecule has 31 heteroatoms. The van der Waals surface area contributed by atoms with E-state index in [1.807, 2.05) is 0 Å². The molecule has 81 heavy (non-hydrogen) atoms. The van der Waals surface area contributed by atoms with Gasteiger partial charge in [0.05, 0.1) is 15.7 Å². The summed E-state index contributed by atoms with van der Waals surface area (Å²) in [5.41, 5.74) is -2.25. The van der Waals surface area contributed by atoms with Gasteiger partial charge in [-0.2, -0.15) is 0 Å². The van der Waals surface area contributed by atoms with Crippen molar-refractivity contribution >= 4 is 450 Å². The van der Waals surface area contributed by atoms with Crippen LogP contribution in [0.25, 0.3) is 98.5 Å². The average Bonchev–Trinajstić information content (AvgIpc) is 1.87. The number of hydrogen-bond donors (Lipinski definition) is 0. The lowest BCUT2D eigenvalue weighted by Gasteiger charge is -2.36. The van der Waals surface area contributed by atoms with Gasteiger partial charge in [0.15, 0.2) is 7.28 Å². The van der Waals surface area contributed by atoms with Crippen molar-refractivity contribution in [3.63, 3.8) is 0 Å². The summed E-state index contributed by atoms with van der Waals surface area (Å²) in [4.78, 5) is 0. The third-order valence-corrected chi connectivity index (χ3v) is 16.6. The van der Waals surface area contributed by atoms with Crippen LogP contribution in [0, 0.1) is 0 Å². The lowest BCUT2D eigenvalue weighted by Crippen LogP contribution is -2.53. The molecule has 0 N–H and O–H groups in total. The van der Waals surface area contributed by atoms with Gasteiger partial charge in [0.1, 0.15) is 220 Å². The fourth-order valence-corrected chi connectivity index (χ4v) is 12.3. The van der Waals surface area contributed by atoms with Gasteiger partial charge in [-0.1, -0.05) is 115 Å². The van der Waals surface area contributed by atoms with E-state index in [0.29, 0.717) is 10.9 Å². The second-order valence-electron chi connectivity index (χ2n) is 20.4. The van der Waals surface area contributed by atoms with E-state index in [0.717, 1.165) is 0 Å². The van der Waals surface area contributed by atoms with Crippen LogP contribution in [0.4, 0.5) is 0 Å². The van der Waals surface area contributed by atoms with E-state index in [-0.39, 0.29) is 251 Å². The van der Waals surface area contributed by atoms with E-state index >= 15 is 0 Å². The molecule has 0 bridgehead atoms. The molecule has 0 nitrogen and oxygen atoms in total. The normalized spacial score (nSPS) is 14.7. The first-order chi connectivity index (χ1) is 37.8. The molecule has 295 valence electrons. The standard InChI is InChI=1S/C50H2B31/c51-19-12(30(62)31(63)15-13(19)32(64)44(76)46(78)34(15)66)10-9-8(28(60)42(74)43(75)29(9)61)5(22(54)23(10)55)1-3-6(26(58)40(72)38(70)24(3)56)2(7-4(1)25(57)39(71)41(73)27(7)59)11-20(52)18-17-21(53)14-16(35(67)47(79)45(77)33(14)65)37(69)49(17)81-50(18)48(80)36(11)68/h38,40H. The van der Waals surface area contributed by atoms with Crippen LogP contribution in [0.3, 0.4) is 0 Å². The van der Waals surface area contributed by atoms with Crippen LogP contribution in [0.1, 0.15) is 0 Å². The summed E-state index contributed by atoms with van der Waals surface area (Å²) in [5, 5.41) is 0.504. The summed E-state index contributed by atoms with van der Waals surface area (Å²) in [7, 11) is 209. The average molecular weight is 938 g/mol. The Morgan fingerprint density at radius 1 is 0.173 bits per heavy atom. The van der Waals surface area contributed by atoms with Crippen LogP contribution in [0.5, 0.6) is 0 Å². The lowest BCUT2D eigenvalue weighted by atomic mass is 9.49. The van der Waals surface area contributed by atoms with E-state index in [1.165, 1.54) is 0 Å². The van der Waals surface area contributed by atoms with Crippen molar-refractivity contribution in [2.24, 2.45) is 0 Å². The monoisotopic (exact) mass is 943 g/mol. The van der Waals surface area contributed by atoms with E-state index in [1.54, 1.807) is 7.28 Å². The molecular weight excluding hydrogens is 936 g/mol. The Labute approximate surface area is 512 Å². The van der Waals surface area contributed by atoms with Gasteiger partial charge in [0.2, 0.25) is 0 Å². The minimum Gasteiger partial charge on any atom is -0.115 e. The predicted octanol–water partition coefficient (Wildman–Crippen LogP) is -22.9. The number of hydrogen-bond acceptors (Lipinski definition) is 0. The largest absolute Gasteiger partial charge is 0.191 e. The summed E-state index contributed by atoms with van der Waals surface area (Å²) in [6.45, 7) is 0. The summed E-state index contributed by atoms with van der Waals surface area (Å²) < 4.78 is 0. The molecule has 1 heterocycles. The van der Waals surface area contributed by atoms with Gasteiger partial charge in [-0.25, -0.2) is 0 Å². The molecule has 0 saturated carbocycles. The van der Waals surface area contributed by atoms with Gasteiger partial charge in [-0.3, -0.25) is 0 Å². The molecule has 0 aromatic heterocycles. The Morgan fingerprint density at radius 2 is 0.395 bits per heavy atom. The fraction of sp³-hybridized carbons (Fsp3) is 0.0400. The quantitative estimate of drug-likeness (QED) is 0.155. The minimum atomic E-state index is -1.25. The predicted molar refractivity (Wildman–Crippen MR) is 380 cm³/mol. The Hall–Kier alpha value is -4.23. The highest BCUT2D eigenvalue weighted by Crippen LogP contribution is 2.39. The highest BCUT2D eigenvalue weighted by Gasteiger charge is 2.35. The van der Waals surface area contributed by atoms with Crippen molar-refractivity contribution in [3.8, 4) is 44.5 Å². The molecule has 11 rings (SSSR count). The van der Waals surface area contributed by atoms with Crippen molar-refractivity contribution < 1.29 is 0 Å². The highest BCUT2D eigenvalue weighted by molar-refractivity contribution is 6.86. The number of rotatable bonds is 3. The van der Waals surface area contributed by atoms with Crippen molar-refractivity contribution in [2.75, 3.05) is 0 Å². The molecule has 1 aliphatic heterocycles. The number of benzene rings is 9. The summed E-state index contributed by atoms with van der Waals surface area (Å²) in [5.74, 6) is -2.50. The summed E-state index contributed by atoms with van der Waals surface area (Å²) in [6.07, 6.45) is 0. The summed E-state index contributed by atoms with van der Waals surface area (Å²) >= 11 is 0. The Bertz CT molecular complexity index is 4740. The van der Waals surface area contributed by atoms with Crippen molar-refractivity contribution in [3.05, 3.63) is 10.4 Å². The molecule has 0 spiro atoms. The van der Waals surface area contributed by atoms with Crippen molar-refractivity contribution in [2.45, 2.75) is 11.6 Å². The zero-order valence-electron chi connectivity index (χ0n) is 43.1. The van der Waals surface area contributed by atoms with Crippen LogP contribution in [-0.4, -0.2) is 243 Å². The molecule has 0 saturated heterocycles. The summed E-state index contributed by atoms with van der Waals surface area (Å²) in [6, 6.07) is 0. The molecule has 0 amide bonds. The zero-order valence-corrected chi connectivity index (χ0v) is 43.1. The third-order valence-electron chi connectivity index (χ3n) is 16.6. The zero-order chi connectivity index (χ0) is 59.6. The maximum atomic E-state index is 7.49. The van der Waals surface area contributed by atoms with Crippen LogP contribution in [0.2, 0.25) is 11.6 Å². The first-order valence-corrected chi connectivity index (χ1v) is 24.2. The maximum absolute atomic E-state index is 7.49. The van der Waals surface area contributed by atoms with E-state index in [4.69, 9.17) is 235 Å². The molecule has 9 aromatic rings. The minimum absolute atomic E-state index is 0.00245. The van der Waals surface area contributed by atoms with Gasteiger partial charge in [0.25, 0.3) is 0 Å². The van der Waals surface area contributed by atoms with Crippen molar-refractivity contribution in [1.82, 2.24) is 0 Å². The first kappa shape index (κ1) is 58.5. The van der Waals surface area contributed by atoms with E-state index in [9.17, 15) is 0 Å². The second-order valence-corrected chi connectivity index (χ2v) is 20.4. The fourth-order valence-electron chi connectivity index (χ4n) is 12.3. The van der Waals surface area contributed by atoms with Gasteiger partial charge in [-0.05, 0) is 98.0 Å². The van der Waals surface area contributed by atoms with E-state index < -0.39 is 11.6 Å². The van der Waals surface area contributed by atoms with Crippen molar-refractivity contribution in [1.29, 1.82) is 0 Å². The Kier molecular flexibility index (Phi) is 14.2. The lowest BCUT2D eigenvalue weighted by molar-refractivity contribution is 1.08. The molecule has 61 radical (unpaired) electrons. The topological polar surface area (TPSA) is 0 Å². The first-order valence-electron chi connectivity index (χ1n) is 24.2. The van der Waals surface area contributed by atoms with Crippen LogP contribution in [-0.2, 0) is 0 Å². The molecule has 2 unspecified atom stereocenters. The van der Waals surface area contributed by atoms with Crippen LogP contribution in [0.15, 0.2) is 0 Å². The maximum Gasteiger partial charge on any atom is 0.191 e. The Morgan fingerprint density at radius 3 is 0.778 bits per heavy atom. The van der Waals surface area contributed by atoms with Gasteiger partial charge in [-0.15, -0.1) is 60.1 Å². The van der Waals surface area contributed by atoms with Gasteiger partial charge in [0, 0.05) is 0 Å². The second kappa shape index (κ2) is 19.7. The highest BCUT2D eigenvalue weighted by atomic mass is 14.3. The third kappa shape index (κ3) is 7.42. The van der Waals surface area contributed by atoms with Crippen LogP contribution < -0.4 is 163 Å². The van der Waals surface area contributed by atoms with Gasteiger partial charge >= 0.3 is 0 Å². The van der Waals surface area contributed by atoms with E-state index in [2.05, 4.69) is 0 Å². The molecule has 0 fully saturated rings. The molecule has 9 aromatic carbocycles. The van der Waals surface area contributed by atoms with Gasteiger partial charge < -0.3 is 0 Å². The molecular formula is C50H2B31. The Balaban J connectivity index is 1.40. The molecule has 2 aliphatic rings. The van der Waals surface area contributed by atoms with Crippen LogP contribution >= 0.6 is 0 Å². The molecule has 1 aliphatic carbocycles. The number of fused-ring (bicyclic) bond motifs is 8. The SMILES string of the molecule is [B]C1=c2c(-c3c([B])c([B])c4c(c3[B])-c3c(c([B])c5c([B])c([B])c([B])c([B])c5c3[B])[B]4)c3c([B])c([B])c([B])c([B])c3c(-c3c([B])c([B])c(-c4c([B])c([B])c5c([B])c([B])c([B])c([B])c5c4[B])c4c([B])c([B])c([B])c([B])c34)c2=C([B])C([B])C1[B]. The smallest absolute Gasteiger partial charge is 0.115 e.